The molecule has 0 aromatic heterocycles. The zero-order chi connectivity index (χ0) is 26.9. The average Bonchev–Trinajstić information content (AvgIpc) is 2.64. The first kappa shape index (κ1) is 31.5. The molecular formula is C19H23F9O6. The summed E-state index contributed by atoms with van der Waals surface area (Å²) in [4.78, 5) is 35.1. The van der Waals surface area contributed by atoms with Crippen LogP contribution in [0.15, 0.2) is 12.2 Å². The van der Waals surface area contributed by atoms with Gasteiger partial charge in [-0.2, -0.15) is 39.5 Å². The van der Waals surface area contributed by atoms with Gasteiger partial charge in [0.25, 0.3) is 6.10 Å². The highest BCUT2D eigenvalue weighted by Crippen LogP contribution is 2.36. The Bertz CT molecular complexity index is 699. The highest BCUT2D eigenvalue weighted by atomic mass is 19.4. The van der Waals surface area contributed by atoms with Crippen LogP contribution in [0.3, 0.4) is 0 Å². The number of alkyl halides is 9. The highest BCUT2D eigenvalue weighted by molar-refractivity contribution is 5.95. The Morgan fingerprint density at radius 2 is 1.24 bits per heavy atom. The molecule has 0 aromatic rings. The Morgan fingerprint density at radius 1 is 0.765 bits per heavy atom. The molecule has 0 aliphatic rings. The Balaban J connectivity index is 5.19. The molecule has 0 fully saturated rings. The highest BCUT2D eigenvalue weighted by Gasteiger charge is 2.60. The SMILES string of the molecule is C=C(C)C(=O)OCCCCCCC(C(=O)OC(C)C(F)(F)F)C(=O)OC(C(F)(F)F)C(F)(F)F. The number of carbonyl (C=O) groups is 3. The Hall–Kier alpha value is -2.48. The van der Waals surface area contributed by atoms with Crippen LogP contribution in [-0.2, 0) is 28.6 Å². The van der Waals surface area contributed by atoms with E-state index in [0.29, 0.717) is 6.92 Å². The van der Waals surface area contributed by atoms with E-state index in [1.165, 1.54) is 6.92 Å². The summed E-state index contributed by atoms with van der Waals surface area (Å²) in [6, 6.07) is 0. The van der Waals surface area contributed by atoms with Gasteiger partial charge in [-0.3, -0.25) is 9.59 Å². The minimum absolute atomic E-state index is 0.0405. The van der Waals surface area contributed by atoms with Gasteiger partial charge in [-0.1, -0.05) is 25.8 Å². The Morgan fingerprint density at radius 3 is 1.68 bits per heavy atom. The number of halogens is 9. The van der Waals surface area contributed by atoms with Crippen LogP contribution < -0.4 is 0 Å². The summed E-state index contributed by atoms with van der Waals surface area (Å²) >= 11 is 0. The van der Waals surface area contributed by atoms with E-state index in [1.54, 1.807) is 0 Å². The lowest BCUT2D eigenvalue weighted by Gasteiger charge is -2.25. The summed E-state index contributed by atoms with van der Waals surface area (Å²) in [5.41, 5.74) is 0.143. The molecule has 0 N–H and O–H groups in total. The molecule has 0 saturated heterocycles. The number of esters is 3. The molecule has 0 heterocycles. The number of unbranched alkanes of at least 4 members (excludes halogenated alkanes) is 3. The lowest BCUT2D eigenvalue weighted by atomic mass is 10.0. The molecule has 0 rings (SSSR count). The molecule has 15 heteroatoms. The molecular weight excluding hydrogens is 495 g/mol. The molecule has 198 valence electrons. The summed E-state index contributed by atoms with van der Waals surface area (Å²) in [7, 11) is 0. The van der Waals surface area contributed by atoms with Crippen molar-refractivity contribution in [2.24, 2.45) is 5.92 Å². The zero-order valence-corrected chi connectivity index (χ0v) is 18.0. The molecule has 0 aliphatic heterocycles. The smallest absolute Gasteiger partial charge is 0.434 e. The first-order valence-corrected chi connectivity index (χ1v) is 9.72. The van der Waals surface area contributed by atoms with Crippen LogP contribution in [0.4, 0.5) is 39.5 Å². The molecule has 0 amide bonds. The van der Waals surface area contributed by atoms with Crippen LogP contribution in [0.25, 0.3) is 0 Å². The molecule has 0 aromatic carbocycles. The fourth-order valence-corrected chi connectivity index (χ4v) is 2.26. The Labute approximate surface area is 188 Å². The van der Waals surface area contributed by atoms with Crippen LogP contribution in [0, 0.1) is 5.92 Å². The van der Waals surface area contributed by atoms with Gasteiger partial charge in [0.05, 0.1) is 6.61 Å². The van der Waals surface area contributed by atoms with Gasteiger partial charge in [0, 0.05) is 5.57 Å². The third kappa shape index (κ3) is 11.6. The number of rotatable bonds is 12. The van der Waals surface area contributed by atoms with E-state index in [9.17, 15) is 53.9 Å². The second-order valence-electron chi connectivity index (χ2n) is 7.19. The predicted octanol–water partition coefficient (Wildman–Crippen LogP) is 5.20. The number of hydrogen-bond donors (Lipinski definition) is 0. The summed E-state index contributed by atoms with van der Waals surface area (Å²) < 4.78 is 126. The first-order chi connectivity index (χ1) is 15.3. The van der Waals surface area contributed by atoms with Gasteiger partial charge in [-0.15, -0.1) is 0 Å². The van der Waals surface area contributed by atoms with Crippen molar-refractivity contribution in [2.75, 3.05) is 6.61 Å². The predicted molar refractivity (Wildman–Crippen MR) is 95.9 cm³/mol. The molecule has 34 heavy (non-hydrogen) atoms. The fraction of sp³-hybridized carbons (Fsp3) is 0.737. The standard InChI is InChI=1S/C19H23F9O6/c1-10(2)13(29)32-9-7-5-4-6-8-12(14(30)33-11(3)17(20,21)22)15(31)34-16(18(23,24)25)19(26,27)28/h11-12,16H,1,4-9H2,2-3H3. The lowest BCUT2D eigenvalue weighted by molar-refractivity contribution is -0.314. The first-order valence-electron chi connectivity index (χ1n) is 9.72. The largest absolute Gasteiger partial charge is 0.462 e. The van der Waals surface area contributed by atoms with Crippen molar-refractivity contribution < 1.29 is 68.1 Å². The summed E-state index contributed by atoms with van der Waals surface area (Å²) in [6.07, 6.45) is -24.8. The van der Waals surface area contributed by atoms with Gasteiger partial charge in [-0.25, -0.2) is 4.79 Å². The minimum atomic E-state index is -6.08. The van der Waals surface area contributed by atoms with Crippen molar-refractivity contribution in [3.8, 4) is 0 Å². The lowest BCUT2D eigenvalue weighted by Crippen LogP contribution is -2.47. The number of carbonyl (C=O) groups excluding carboxylic acids is 3. The maximum Gasteiger partial charge on any atom is 0.434 e. The topological polar surface area (TPSA) is 78.9 Å². The molecule has 2 unspecified atom stereocenters. The molecule has 0 saturated carbocycles. The van der Waals surface area contributed by atoms with Crippen LogP contribution >= 0.6 is 0 Å². The molecule has 0 spiro atoms. The van der Waals surface area contributed by atoms with Gasteiger partial charge in [0.2, 0.25) is 0 Å². The van der Waals surface area contributed by atoms with Crippen molar-refractivity contribution >= 4 is 17.9 Å². The number of hydrogen-bond acceptors (Lipinski definition) is 6. The fourth-order valence-electron chi connectivity index (χ4n) is 2.26. The van der Waals surface area contributed by atoms with Crippen LogP contribution in [0.5, 0.6) is 0 Å². The summed E-state index contributed by atoms with van der Waals surface area (Å²) in [6.45, 7) is 5.08. The van der Waals surface area contributed by atoms with Gasteiger partial charge in [-0.05, 0) is 26.7 Å². The van der Waals surface area contributed by atoms with E-state index in [1.807, 2.05) is 0 Å². The summed E-state index contributed by atoms with van der Waals surface area (Å²) in [5, 5.41) is 0. The third-order valence-corrected chi connectivity index (χ3v) is 4.12. The van der Waals surface area contributed by atoms with Crippen LogP contribution in [-0.4, -0.2) is 55.3 Å². The zero-order valence-electron chi connectivity index (χ0n) is 18.0. The van der Waals surface area contributed by atoms with Gasteiger partial charge in [0.1, 0.15) is 0 Å². The molecule has 2 atom stereocenters. The van der Waals surface area contributed by atoms with E-state index in [0.717, 1.165) is 0 Å². The normalized spacial score (nSPS) is 14.4. The van der Waals surface area contributed by atoms with Gasteiger partial charge < -0.3 is 14.2 Å². The second-order valence-corrected chi connectivity index (χ2v) is 7.19. The van der Waals surface area contributed by atoms with E-state index < -0.39 is 61.0 Å². The maximum atomic E-state index is 12.6. The van der Waals surface area contributed by atoms with Crippen molar-refractivity contribution in [3.05, 3.63) is 12.2 Å². The van der Waals surface area contributed by atoms with E-state index in [2.05, 4.69) is 16.1 Å². The van der Waals surface area contributed by atoms with Gasteiger partial charge >= 0.3 is 36.4 Å². The average molecular weight is 518 g/mol. The van der Waals surface area contributed by atoms with Crippen LogP contribution in [0.1, 0.15) is 46.0 Å². The minimum Gasteiger partial charge on any atom is -0.462 e. The van der Waals surface area contributed by atoms with Crippen molar-refractivity contribution in [3.63, 3.8) is 0 Å². The number of ether oxygens (including phenoxy) is 3. The maximum absolute atomic E-state index is 12.6. The molecule has 0 aliphatic carbocycles. The molecule has 0 radical (unpaired) electrons. The van der Waals surface area contributed by atoms with E-state index in [-0.39, 0.29) is 37.9 Å². The third-order valence-electron chi connectivity index (χ3n) is 4.12. The Kier molecular flexibility index (Phi) is 11.9. The molecule has 0 bridgehead atoms. The van der Waals surface area contributed by atoms with E-state index >= 15 is 0 Å². The van der Waals surface area contributed by atoms with Gasteiger partial charge in [0.15, 0.2) is 12.0 Å². The van der Waals surface area contributed by atoms with Crippen molar-refractivity contribution in [2.45, 2.75) is 76.7 Å². The molecule has 6 nitrogen and oxygen atoms in total. The van der Waals surface area contributed by atoms with E-state index in [4.69, 9.17) is 4.74 Å². The van der Waals surface area contributed by atoms with Crippen molar-refractivity contribution in [1.82, 2.24) is 0 Å². The quantitative estimate of drug-likeness (QED) is 0.0883. The van der Waals surface area contributed by atoms with Crippen LogP contribution in [0.2, 0.25) is 0 Å². The second kappa shape index (κ2) is 12.8. The summed E-state index contributed by atoms with van der Waals surface area (Å²) in [5.74, 6) is -7.42. The van der Waals surface area contributed by atoms with Crippen molar-refractivity contribution in [1.29, 1.82) is 0 Å². The monoisotopic (exact) mass is 518 g/mol.